The Balaban J connectivity index is 1.77. The number of anilines is 4. The fraction of sp³-hybridized carbons (Fsp3) is 0.222. The van der Waals surface area contributed by atoms with Crippen LogP contribution in [-0.4, -0.2) is 70.9 Å². The summed E-state index contributed by atoms with van der Waals surface area (Å²) >= 11 is -2.61. The average molecular weight is 578 g/mol. The Morgan fingerprint density at radius 2 is 1.68 bits per heavy atom. The van der Waals surface area contributed by atoms with Crippen molar-refractivity contribution in [2.45, 2.75) is 0 Å². The molecule has 41 heavy (non-hydrogen) atoms. The number of fused-ring (bicyclic) bond motifs is 1. The van der Waals surface area contributed by atoms with Crippen LogP contribution in [-0.2, 0) is 11.3 Å². The van der Waals surface area contributed by atoms with Crippen LogP contribution in [0.5, 0.6) is 11.5 Å². The van der Waals surface area contributed by atoms with Crippen molar-refractivity contribution in [1.82, 2.24) is 19.8 Å². The fourth-order valence-electron chi connectivity index (χ4n) is 3.70. The smallest absolute Gasteiger partial charge is 0.360 e. The van der Waals surface area contributed by atoms with E-state index in [1.807, 2.05) is 25.1 Å². The number of methoxy groups -OCH3 is 2. The third-order valence-electron chi connectivity index (χ3n) is 5.69. The average Bonchev–Trinajstić information content (AvgIpc) is 2.96. The maximum atomic E-state index is 12.8. The van der Waals surface area contributed by atoms with Gasteiger partial charge in [0.25, 0.3) is 11.3 Å². The molecule has 3 aromatic carbocycles. The zero-order valence-electron chi connectivity index (χ0n) is 22.9. The highest BCUT2D eigenvalue weighted by Crippen LogP contribution is 2.36. The van der Waals surface area contributed by atoms with Gasteiger partial charge in [-0.1, -0.05) is 18.2 Å². The number of amides is 1. The Kier molecular flexibility index (Phi) is 9.66. The lowest BCUT2D eigenvalue weighted by atomic mass is 10.2. The first kappa shape index (κ1) is 29.2. The molecule has 1 atom stereocenters. The van der Waals surface area contributed by atoms with Crippen molar-refractivity contribution in [3.63, 3.8) is 0 Å². The Bertz CT molecular complexity index is 1620. The van der Waals surface area contributed by atoms with Crippen molar-refractivity contribution in [2.24, 2.45) is 10.2 Å². The number of para-hydroxylation sites is 2. The summed E-state index contributed by atoms with van der Waals surface area (Å²) in [4.78, 5) is 27.5. The molecule has 0 fully saturated rings. The molecule has 0 saturated carbocycles. The molecule has 0 saturated heterocycles. The first-order valence-corrected chi connectivity index (χ1v) is 13.4. The summed E-state index contributed by atoms with van der Waals surface area (Å²) in [5, 5.41) is 10.7. The highest BCUT2D eigenvalue weighted by atomic mass is 32.2. The van der Waals surface area contributed by atoms with Crippen LogP contribution in [0.1, 0.15) is 10.4 Å². The third-order valence-corrected chi connectivity index (χ3v) is 6.38. The van der Waals surface area contributed by atoms with Crippen LogP contribution in [0, 0.1) is 0 Å². The lowest BCUT2D eigenvalue weighted by molar-refractivity contribution is 0.0992. The number of carbonyl (C=O) groups excluding carboxylic acids is 1. The molecule has 13 nitrogen and oxygen atoms in total. The fourth-order valence-corrected chi connectivity index (χ4v) is 4.27. The Morgan fingerprint density at radius 1 is 1.00 bits per heavy atom. The second kappa shape index (κ2) is 13.5. The molecule has 0 spiro atoms. The molecule has 0 aliphatic heterocycles. The normalized spacial score (nSPS) is 11.5. The highest BCUT2D eigenvalue weighted by molar-refractivity contribution is 7.81. The molecule has 4 rings (SSSR count). The van der Waals surface area contributed by atoms with Crippen LogP contribution >= 0.6 is 0 Å². The van der Waals surface area contributed by atoms with E-state index in [4.69, 9.17) is 9.47 Å². The number of hydrogen-bond acceptors (Lipinski definition) is 9. The van der Waals surface area contributed by atoms with Gasteiger partial charge in [0.1, 0.15) is 23.2 Å². The van der Waals surface area contributed by atoms with Gasteiger partial charge in [-0.15, -0.1) is 0 Å². The van der Waals surface area contributed by atoms with Crippen molar-refractivity contribution in [2.75, 3.05) is 51.0 Å². The minimum Gasteiger partial charge on any atom is -0.497 e. The number of nitrogens with zero attached hydrogens (tertiary/aromatic N) is 7. The number of hydrogen-bond donors (Lipinski definition) is 2. The van der Waals surface area contributed by atoms with Crippen molar-refractivity contribution < 1.29 is 23.0 Å². The van der Waals surface area contributed by atoms with Crippen molar-refractivity contribution >= 4 is 51.2 Å². The van der Waals surface area contributed by atoms with Gasteiger partial charge in [-0.3, -0.25) is 9.35 Å². The topological polar surface area (TPSA) is 156 Å². The van der Waals surface area contributed by atoms with Crippen LogP contribution in [0.2, 0.25) is 0 Å². The summed E-state index contributed by atoms with van der Waals surface area (Å²) in [6.07, 6.45) is 0. The van der Waals surface area contributed by atoms with Crippen LogP contribution in [0.4, 0.5) is 23.0 Å². The van der Waals surface area contributed by atoms with Gasteiger partial charge in [-0.2, -0.15) is 0 Å². The Morgan fingerprint density at radius 3 is 2.32 bits per heavy atom. The lowest BCUT2D eigenvalue weighted by Gasteiger charge is -2.22. The molecule has 1 unspecified atom stereocenters. The predicted octanol–water partition coefficient (Wildman–Crippen LogP) is 4.34. The van der Waals surface area contributed by atoms with E-state index in [1.54, 1.807) is 48.5 Å². The van der Waals surface area contributed by atoms with Crippen LogP contribution in [0.15, 0.2) is 77.0 Å². The van der Waals surface area contributed by atoms with E-state index >= 15 is 0 Å². The first-order chi connectivity index (χ1) is 19.8. The van der Waals surface area contributed by atoms with Crippen LogP contribution in [0.3, 0.4) is 0 Å². The summed E-state index contributed by atoms with van der Waals surface area (Å²) in [6, 6.07) is 18.3. The molecule has 0 bridgehead atoms. The first-order valence-electron chi connectivity index (χ1n) is 12.3. The Hall–Kier alpha value is -4.75. The van der Waals surface area contributed by atoms with Crippen LogP contribution < -0.4 is 24.0 Å². The maximum Gasteiger partial charge on any atom is 0.360 e. The number of likely N-dealkylation sites (N-methyl/N-ethyl adjacent to an activating group) is 1. The standard InChI is InChI=1S/C27H28N8O5S/c1-34(2)13-12-28-33-32-27(36)18-8-7-9-20(14-18)35(41(37)38)26-25(30-23-10-5-6-11-24(23)31-26)29-19-15-21(39-3)17-22(16-19)40-4/h5-11,14-17H,12-13H2,1-4H3,(H-,29,30,37,38)/p+1. The lowest BCUT2D eigenvalue weighted by Crippen LogP contribution is -2.22. The monoisotopic (exact) mass is 577 g/mol. The molecular weight excluding hydrogens is 548 g/mol. The largest absolute Gasteiger partial charge is 0.497 e. The van der Waals surface area contributed by atoms with Gasteiger partial charge in [0.2, 0.25) is 10.0 Å². The molecule has 0 aliphatic rings. The second-order valence-corrected chi connectivity index (χ2v) is 9.68. The minimum atomic E-state index is -2.61. The van der Waals surface area contributed by atoms with E-state index in [9.17, 15) is 13.6 Å². The zero-order valence-corrected chi connectivity index (χ0v) is 23.7. The van der Waals surface area contributed by atoms with E-state index in [0.717, 1.165) is 4.31 Å². The van der Waals surface area contributed by atoms with E-state index in [-0.39, 0.29) is 22.9 Å². The number of rotatable bonds is 11. The van der Waals surface area contributed by atoms with Gasteiger partial charge in [0.05, 0.1) is 36.5 Å². The van der Waals surface area contributed by atoms with E-state index < -0.39 is 17.2 Å². The molecule has 212 valence electrons. The van der Waals surface area contributed by atoms with E-state index in [2.05, 4.69) is 30.4 Å². The highest BCUT2D eigenvalue weighted by Gasteiger charge is 2.24. The van der Waals surface area contributed by atoms with E-state index in [1.165, 1.54) is 26.4 Å². The summed E-state index contributed by atoms with van der Waals surface area (Å²) in [5.74, 6) is 0.612. The minimum absolute atomic E-state index is 0.0382. The number of aromatic nitrogens is 2. The maximum absolute atomic E-state index is 12.8. The van der Waals surface area contributed by atoms with Gasteiger partial charge >= 0.3 is 5.91 Å². The molecule has 1 amide bonds. The molecule has 14 heteroatoms. The molecule has 0 radical (unpaired) electrons. The number of benzene rings is 3. The zero-order chi connectivity index (χ0) is 29.4. The summed E-state index contributed by atoms with van der Waals surface area (Å²) in [5.41, 5.74) is 1.93. The van der Waals surface area contributed by atoms with Crippen molar-refractivity contribution in [3.8, 4) is 11.5 Å². The van der Waals surface area contributed by atoms with Gasteiger partial charge in [0, 0.05) is 30.4 Å². The molecule has 2 N–H and O–H groups in total. The second-order valence-electron chi connectivity index (χ2n) is 8.85. The number of carbonyl (C=O) groups is 1. The summed E-state index contributed by atoms with van der Waals surface area (Å²) in [6.45, 7) is 1.04. The van der Waals surface area contributed by atoms with E-state index in [0.29, 0.717) is 41.3 Å². The van der Waals surface area contributed by atoms with Gasteiger partial charge in [-0.05, 0) is 44.4 Å². The third kappa shape index (κ3) is 7.47. The van der Waals surface area contributed by atoms with Gasteiger partial charge < -0.3 is 19.7 Å². The molecule has 1 aromatic heterocycles. The number of ether oxygens (including phenoxy) is 2. The Labute approximate surface area is 239 Å². The van der Waals surface area contributed by atoms with Gasteiger partial charge in [-0.25, -0.2) is 18.5 Å². The summed E-state index contributed by atoms with van der Waals surface area (Å²) < 4.78 is 35.0. The van der Waals surface area contributed by atoms with Gasteiger partial charge in [0.15, 0.2) is 11.6 Å². The quantitative estimate of drug-likeness (QED) is 0.150. The van der Waals surface area contributed by atoms with Crippen LogP contribution in [0.25, 0.3) is 11.0 Å². The van der Waals surface area contributed by atoms with Crippen molar-refractivity contribution in [1.29, 1.82) is 0 Å². The summed E-state index contributed by atoms with van der Waals surface area (Å²) in [7, 11) is 6.85. The molecule has 4 aromatic rings. The molecular formula is C27H29N8O5S+. The predicted molar refractivity (Wildman–Crippen MR) is 156 cm³/mol. The van der Waals surface area contributed by atoms with Crippen molar-refractivity contribution in [3.05, 3.63) is 72.3 Å². The molecule has 0 aliphatic carbocycles. The SMILES string of the molecule is COc1cc(Nc2nc3ccccc3nc2N(c2cccc(C(=O)N=[N+]=NCCN(C)C)c2)S(=O)O)cc(OC)c1. The molecule has 1 heterocycles. The number of nitrogens with one attached hydrogen (secondary N) is 1.